The van der Waals surface area contributed by atoms with E-state index in [0.29, 0.717) is 23.4 Å². The maximum atomic E-state index is 12.2. The van der Waals surface area contributed by atoms with Crippen molar-refractivity contribution < 1.29 is 5.11 Å². The molecule has 0 bridgehead atoms. The van der Waals surface area contributed by atoms with Gasteiger partial charge in [-0.3, -0.25) is 14.5 Å². The Kier molecular flexibility index (Phi) is 3.04. The zero-order valence-electron chi connectivity index (χ0n) is 10.5. The maximum absolute atomic E-state index is 12.2. The SMILES string of the molecule is O=c1c(O)c(Cc2c[nH]nn2)ccn1-c1ccccc1. The van der Waals surface area contributed by atoms with Crippen molar-refractivity contribution >= 4 is 0 Å². The largest absolute Gasteiger partial charge is 0.503 e. The first-order valence-electron chi connectivity index (χ1n) is 6.10. The van der Waals surface area contributed by atoms with E-state index >= 15 is 0 Å². The van der Waals surface area contributed by atoms with E-state index in [1.54, 1.807) is 30.6 Å². The number of para-hydroxylation sites is 1. The Balaban J connectivity index is 2.01. The Hall–Kier alpha value is -2.89. The molecule has 0 atom stereocenters. The molecule has 20 heavy (non-hydrogen) atoms. The Morgan fingerprint density at radius 2 is 2.00 bits per heavy atom. The zero-order valence-corrected chi connectivity index (χ0v) is 10.5. The molecule has 0 unspecified atom stereocenters. The number of aromatic amines is 1. The van der Waals surface area contributed by atoms with Crippen LogP contribution in [0.3, 0.4) is 0 Å². The molecule has 2 heterocycles. The van der Waals surface area contributed by atoms with Gasteiger partial charge in [0, 0.05) is 30.1 Å². The van der Waals surface area contributed by atoms with E-state index in [9.17, 15) is 9.90 Å². The first-order chi connectivity index (χ1) is 9.75. The van der Waals surface area contributed by atoms with Crippen LogP contribution in [-0.2, 0) is 6.42 Å². The van der Waals surface area contributed by atoms with E-state index in [1.165, 1.54) is 4.57 Å². The molecule has 0 spiro atoms. The number of hydrogen-bond donors (Lipinski definition) is 2. The van der Waals surface area contributed by atoms with Gasteiger partial charge in [-0.2, -0.15) is 0 Å². The second kappa shape index (κ2) is 5.00. The first-order valence-corrected chi connectivity index (χ1v) is 6.10. The number of H-pyrrole nitrogens is 1. The van der Waals surface area contributed by atoms with Crippen LogP contribution >= 0.6 is 0 Å². The molecule has 2 N–H and O–H groups in total. The molecule has 1 aromatic carbocycles. The second-order valence-electron chi connectivity index (χ2n) is 4.34. The zero-order chi connectivity index (χ0) is 13.9. The monoisotopic (exact) mass is 268 g/mol. The smallest absolute Gasteiger partial charge is 0.297 e. The highest BCUT2D eigenvalue weighted by molar-refractivity contribution is 5.38. The van der Waals surface area contributed by atoms with Crippen LogP contribution in [0.1, 0.15) is 11.3 Å². The third-order valence-corrected chi connectivity index (χ3v) is 3.02. The van der Waals surface area contributed by atoms with Gasteiger partial charge in [0.2, 0.25) is 0 Å². The molecule has 0 fully saturated rings. The topological polar surface area (TPSA) is 83.8 Å². The number of hydrogen-bond acceptors (Lipinski definition) is 4. The first kappa shape index (κ1) is 12.2. The normalized spacial score (nSPS) is 10.6. The Bertz CT molecular complexity index is 764. The number of benzene rings is 1. The highest BCUT2D eigenvalue weighted by Crippen LogP contribution is 2.16. The molecule has 0 aliphatic heterocycles. The predicted octanol–water partition coefficient (Wildman–Crippen LogP) is 1.25. The van der Waals surface area contributed by atoms with Crippen LogP contribution in [0.4, 0.5) is 0 Å². The lowest BCUT2D eigenvalue weighted by Crippen LogP contribution is -2.18. The second-order valence-corrected chi connectivity index (χ2v) is 4.34. The summed E-state index contributed by atoms with van der Waals surface area (Å²) in [5.41, 5.74) is 1.45. The van der Waals surface area contributed by atoms with Crippen LogP contribution in [0.2, 0.25) is 0 Å². The predicted molar refractivity (Wildman–Crippen MR) is 72.9 cm³/mol. The molecular formula is C14H12N4O2. The van der Waals surface area contributed by atoms with Gasteiger partial charge in [-0.25, -0.2) is 0 Å². The van der Waals surface area contributed by atoms with Crippen molar-refractivity contribution in [2.45, 2.75) is 6.42 Å². The number of pyridine rings is 1. The van der Waals surface area contributed by atoms with Crippen LogP contribution in [-0.4, -0.2) is 25.1 Å². The summed E-state index contributed by atoms with van der Waals surface area (Å²) in [5.74, 6) is -0.264. The molecule has 0 saturated heterocycles. The summed E-state index contributed by atoms with van der Waals surface area (Å²) in [6, 6.07) is 10.9. The van der Waals surface area contributed by atoms with Gasteiger partial charge in [-0.05, 0) is 18.2 Å². The summed E-state index contributed by atoms with van der Waals surface area (Å²) >= 11 is 0. The summed E-state index contributed by atoms with van der Waals surface area (Å²) in [7, 11) is 0. The minimum atomic E-state index is -0.447. The molecule has 6 heteroatoms. The van der Waals surface area contributed by atoms with E-state index < -0.39 is 5.56 Å². The van der Waals surface area contributed by atoms with Crippen LogP contribution in [0.25, 0.3) is 5.69 Å². The van der Waals surface area contributed by atoms with Crippen LogP contribution < -0.4 is 5.56 Å². The number of nitrogens with one attached hydrogen (secondary N) is 1. The molecule has 100 valence electrons. The van der Waals surface area contributed by atoms with Crippen molar-refractivity contribution in [1.82, 2.24) is 20.0 Å². The fraction of sp³-hybridized carbons (Fsp3) is 0.0714. The van der Waals surface area contributed by atoms with Gasteiger partial charge >= 0.3 is 0 Å². The van der Waals surface area contributed by atoms with Gasteiger partial charge in [0.1, 0.15) is 0 Å². The molecule has 6 nitrogen and oxygen atoms in total. The summed E-state index contributed by atoms with van der Waals surface area (Å²) < 4.78 is 1.40. The standard InChI is InChI=1S/C14H12N4O2/c19-13-10(8-11-9-15-17-16-11)6-7-18(14(13)20)12-4-2-1-3-5-12/h1-7,9,19H,8H2,(H,15,16,17). The quantitative estimate of drug-likeness (QED) is 0.748. The van der Waals surface area contributed by atoms with Crippen molar-refractivity contribution in [1.29, 1.82) is 0 Å². The summed E-state index contributed by atoms with van der Waals surface area (Å²) in [4.78, 5) is 12.2. The van der Waals surface area contributed by atoms with E-state index in [1.807, 2.05) is 18.2 Å². The van der Waals surface area contributed by atoms with Crippen molar-refractivity contribution in [3.63, 3.8) is 0 Å². The van der Waals surface area contributed by atoms with Crippen LogP contribution in [0, 0.1) is 0 Å². The fourth-order valence-electron chi connectivity index (χ4n) is 2.00. The lowest BCUT2D eigenvalue weighted by Gasteiger charge is -2.08. The average molecular weight is 268 g/mol. The van der Waals surface area contributed by atoms with Crippen LogP contribution in [0.5, 0.6) is 5.75 Å². The molecule has 3 rings (SSSR count). The minimum absolute atomic E-state index is 0.264. The molecule has 0 radical (unpaired) electrons. The summed E-state index contributed by atoms with van der Waals surface area (Å²) in [6.07, 6.45) is 3.63. The third kappa shape index (κ3) is 2.18. The molecule has 0 saturated carbocycles. The Morgan fingerprint density at radius 3 is 2.70 bits per heavy atom. The van der Waals surface area contributed by atoms with Gasteiger partial charge < -0.3 is 5.11 Å². The number of nitrogens with zero attached hydrogens (tertiary/aromatic N) is 3. The molecule has 2 aromatic heterocycles. The van der Waals surface area contributed by atoms with Gasteiger partial charge in [-0.1, -0.05) is 23.4 Å². The average Bonchev–Trinajstić information content (AvgIpc) is 2.98. The number of aromatic hydroxyl groups is 1. The molecule has 0 aliphatic carbocycles. The summed E-state index contributed by atoms with van der Waals surface area (Å²) in [6.45, 7) is 0. The lowest BCUT2D eigenvalue weighted by molar-refractivity contribution is 0.457. The van der Waals surface area contributed by atoms with Gasteiger partial charge in [0.15, 0.2) is 5.75 Å². The highest BCUT2D eigenvalue weighted by Gasteiger charge is 2.11. The van der Waals surface area contributed by atoms with Gasteiger partial charge in [0.05, 0.1) is 5.69 Å². The number of rotatable bonds is 3. The van der Waals surface area contributed by atoms with Gasteiger partial charge in [-0.15, -0.1) is 5.10 Å². The molecule has 0 amide bonds. The number of aromatic nitrogens is 4. The maximum Gasteiger partial charge on any atom is 0.297 e. The summed E-state index contributed by atoms with van der Waals surface area (Å²) in [5, 5.41) is 20.1. The lowest BCUT2D eigenvalue weighted by atomic mass is 10.1. The van der Waals surface area contributed by atoms with Crippen LogP contribution in [0.15, 0.2) is 53.6 Å². The molecule has 0 aliphatic rings. The Morgan fingerprint density at radius 1 is 1.20 bits per heavy atom. The minimum Gasteiger partial charge on any atom is -0.503 e. The molecule has 3 aromatic rings. The van der Waals surface area contributed by atoms with Crippen molar-refractivity contribution in [3.05, 3.63) is 70.4 Å². The Labute approximate surface area is 114 Å². The van der Waals surface area contributed by atoms with Crippen molar-refractivity contribution in [2.24, 2.45) is 0 Å². The van der Waals surface area contributed by atoms with Crippen molar-refractivity contribution in [2.75, 3.05) is 0 Å². The van der Waals surface area contributed by atoms with E-state index in [4.69, 9.17) is 0 Å². The fourth-order valence-corrected chi connectivity index (χ4v) is 2.00. The van der Waals surface area contributed by atoms with Gasteiger partial charge in [0.25, 0.3) is 5.56 Å². The van der Waals surface area contributed by atoms with E-state index in [-0.39, 0.29) is 5.75 Å². The van der Waals surface area contributed by atoms with E-state index in [0.717, 1.165) is 0 Å². The van der Waals surface area contributed by atoms with E-state index in [2.05, 4.69) is 15.4 Å². The molecular weight excluding hydrogens is 256 g/mol. The van der Waals surface area contributed by atoms with Crippen molar-refractivity contribution in [3.8, 4) is 11.4 Å². The highest BCUT2D eigenvalue weighted by atomic mass is 16.3. The third-order valence-electron chi connectivity index (χ3n) is 3.02.